The van der Waals surface area contributed by atoms with Gasteiger partial charge >= 0.3 is 0 Å². The third kappa shape index (κ3) is 4.47. The van der Waals surface area contributed by atoms with Crippen LogP contribution in [0.25, 0.3) is 22.1 Å². The van der Waals surface area contributed by atoms with Crippen LogP contribution in [0.5, 0.6) is 0 Å². The molecular formula is C19H26N4S. The molecule has 24 heavy (non-hydrogen) atoms. The maximum atomic E-state index is 4.69. The summed E-state index contributed by atoms with van der Waals surface area (Å²) in [6.45, 7) is 2.27. The van der Waals surface area contributed by atoms with Gasteiger partial charge in [-0.2, -0.15) is 0 Å². The molecule has 0 unspecified atom stereocenters. The van der Waals surface area contributed by atoms with Gasteiger partial charge in [0.2, 0.25) is 5.16 Å². The van der Waals surface area contributed by atoms with Gasteiger partial charge in [0.25, 0.3) is 0 Å². The number of unbranched alkanes of at least 4 members (excludes halogenated alkanes) is 7. The number of fused-ring (bicyclic) bond motifs is 3. The number of aromatic nitrogens is 4. The molecule has 0 bridgehead atoms. The van der Waals surface area contributed by atoms with Gasteiger partial charge in [-0.05, 0) is 12.5 Å². The monoisotopic (exact) mass is 342 g/mol. The van der Waals surface area contributed by atoms with E-state index in [9.17, 15) is 0 Å². The first kappa shape index (κ1) is 17.2. The Morgan fingerprint density at radius 1 is 0.917 bits per heavy atom. The number of rotatable bonds is 10. The van der Waals surface area contributed by atoms with Crippen LogP contribution in [0.2, 0.25) is 0 Å². The van der Waals surface area contributed by atoms with Crippen LogP contribution in [0, 0.1) is 0 Å². The summed E-state index contributed by atoms with van der Waals surface area (Å²) in [5, 5.41) is 10.4. The lowest BCUT2D eigenvalue weighted by Gasteiger charge is -2.01. The van der Waals surface area contributed by atoms with E-state index in [1.807, 2.05) is 18.2 Å². The lowest BCUT2D eigenvalue weighted by Crippen LogP contribution is -1.92. The molecule has 0 amide bonds. The Balaban J connectivity index is 1.45. The van der Waals surface area contributed by atoms with Crippen molar-refractivity contribution in [3.8, 4) is 0 Å². The van der Waals surface area contributed by atoms with Crippen LogP contribution in [0.3, 0.4) is 0 Å². The first-order valence-corrected chi connectivity index (χ1v) is 10.1. The SMILES string of the molecule is CCCCCCCCCCSc1nnc2[nH]c3ccccc3c2n1. The molecule has 0 aliphatic rings. The van der Waals surface area contributed by atoms with Crippen LogP contribution in [-0.4, -0.2) is 25.9 Å². The van der Waals surface area contributed by atoms with Crippen LogP contribution in [0.4, 0.5) is 0 Å². The van der Waals surface area contributed by atoms with Crippen molar-refractivity contribution in [2.75, 3.05) is 5.75 Å². The van der Waals surface area contributed by atoms with Crippen molar-refractivity contribution < 1.29 is 0 Å². The maximum Gasteiger partial charge on any atom is 0.209 e. The molecule has 2 aromatic heterocycles. The first-order valence-electron chi connectivity index (χ1n) is 9.12. The highest BCUT2D eigenvalue weighted by Gasteiger charge is 2.08. The topological polar surface area (TPSA) is 54.5 Å². The van der Waals surface area contributed by atoms with Gasteiger partial charge in [0.15, 0.2) is 5.65 Å². The molecule has 0 radical (unpaired) electrons. The smallest absolute Gasteiger partial charge is 0.209 e. The van der Waals surface area contributed by atoms with Crippen LogP contribution in [-0.2, 0) is 0 Å². The fourth-order valence-electron chi connectivity index (χ4n) is 2.97. The molecule has 0 aliphatic heterocycles. The van der Waals surface area contributed by atoms with Crippen LogP contribution in [0.1, 0.15) is 58.3 Å². The molecule has 128 valence electrons. The molecule has 0 saturated heterocycles. The van der Waals surface area contributed by atoms with Crippen molar-refractivity contribution in [3.05, 3.63) is 24.3 Å². The summed E-state index contributed by atoms with van der Waals surface area (Å²) in [6, 6.07) is 8.18. The van der Waals surface area contributed by atoms with Gasteiger partial charge in [-0.3, -0.25) is 0 Å². The van der Waals surface area contributed by atoms with E-state index in [-0.39, 0.29) is 0 Å². The number of para-hydroxylation sites is 1. The number of H-pyrrole nitrogens is 1. The van der Waals surface area contributed by atoms with Gasteiger partial charge in [0, 0.05) is 16.7 Å². The third-order valence-corrected chi connectivity index (χ3v) is 5.26. The Hall–Kier alpha value is -1.62. The molecule has 0 atom stereocenters. The molecule has 4 nitrogen and oxygen atoms in total. The summed E-state index contributed by atoms with van der Waals surface area (Å²) in [5.74, 6) is 1.07. The summed E-state index contributed by atoms with van der Waals surface area (Å²) in [4.78, 5) is 7.95. The van der Waals surface area contributed by atoms with Gasteiger partial charge in [-0.15, -0.1) is 10.2 Å². The predicted molar refractivity (Wildman–Crippen MR) is 103 cm³/mol. The minimum absolute atomic E-state index is 0.771. The molecule has 0 spiro atoms. The zero-order chi connectivity index (χ0) is 16.6. The van der Waals surface area contributed by atoms with Gasteiger partial charge in [-0.1, -0.05) is 81.8 Å². The molecule has 5 heteroatoms. The van der Waals surface area contributed by atoms with E-state index in [1.165, 1.54) is 51.4 Å². The summed E-state index contributed by atoms with van der Waals surface area (Å²) in [7, 11) is 0. The average Bonchev–Trinajstić information content (AvgIpc) is 2.98. The summed E-state index contributed by atoms with van der Waals surface area (Å²) in [5.41, 5.74) is 2.77. The Morgan fingerprint density at radius 2 is 1.67 bits per heavy atom. The van der Waals surface area contributed by atoms with Gasteiger partial charge in [0.1, 0.15) is 5.52 Å². The fourth-order valence-corrected chi connectivity index (χ4v) is 3.76. The third-order valence-electron chi connectivity index (χ3n) is 4.33. The standard InChI is InChI=1S/C19H26N4S/c1-2-3-4-5-6-7-8-11-14-24-19-21-17-15-12-9-10-13-16(15)20-18(17)22-23-19/h9-10,12-13H,2-8,11,14H2,1H3,(H,20,22). The molecule has 1 aromatic carbocycles. The Bertz CT molecular complexity index is 768. The zero-order valence-corrected chi connectivity index (χ0v) is 15.2. The van der Waals surface area contributed by atoms with Crippen molar-refractivity contribution in [1.29, 1.82) is 0 Å². The first-order chi connectivity index (χ1) is 11.9. The number of aromatic amines is 1. The second-order valence-electron chi connectivity index (χ2n) is 6.29. The van der Waals surface area contributed by atoms with Crippen molar-refractivity contribution in [1.82, 2.24) is 20.2 Å². The van der Waals surface area contributed by atoms with Crippen molar-refractivity contribution in [2.45, 2.75) is 63.4 Å². The van der Waals surface area contributed by atoms with Gasteiger partial charge in [-0.25, -0.2) is 4.98 Å². The summed E-state index contributed by atoms with van der Waals surface area (Å²) in [6.07, 6.45) is 10.8. The molecule has 1 N–H and O–H groups in total. The quantitative estimate of drug-likeness (QED) is 0.377. The molecule has 2 heterocycles. The predicted octanol–water partition coefficient (Wildman–Crippen LogP) is 5.74. The molecule has 3 rings (SSSR count). The minimum Gasteiger partial charge on any atom is -0.336 e. The molecule has 0 aliphatic carbocycles. The highest BCUT2D eigenvalue weighted by molar-refractivity contribution is 7.99. The van der Waals surface area contributed by atoms with Crippen molar-refractivity contribution >= 4 is 33.8 Å². The maximum absolute atomic E-state index is 4.69. The molecule has 3 aromatic rings. The van der Waals surface area contributed by atoms with E-state index >= 15 is 0 Å². The largest absolute Gasteiger partial charge is 0.336 e. The van der Waals surface area contributed by atoms with Gasteiger partial charge < -0.3 is 4.98 Å². The number of nitrogens with one attached hydrogen (secondary N) is 1. The Morgan fingerprint density at radius 3 is 2.50 bits per heavy atom. The highest BCUT2D eigenvalue weighted by Crippen LogP contribution is 2.24. The summed E-state index contributed by atoms with van der Waals surface area (Å²) < 4.78 is 0. The number of nitrogens with zero attached hydrogens (tertiary/aromatic N) is 3. The van der Waals surface area contributed by atoms with E-state index in [4.69, 9.17) is 0 Å². The van der Waals surface area contributed by atoms with E-state index in [1.54, 1.807) is 11.8 Å². The van der Waals surface area contributed by atoms with Crippen molar-refractivity contribution in [3.63, 3.8) is 0 Å². The van der Waals surface area contributed by atoms with Crippen molar-refractivity contribution in [2.24, 2.45) is 0 Å². The molecular weight excluding hydrogens is 316 g/mol. The number of thioether (sulfide) groups is 1. The van der Waals surface area contributed by atoms with Crippen LogP contribution in [0.15, 0.2) is 29.4 Å². The Labute approximate surface area is 147 Å². The number of benzene rings is 1. The number of hydrogen-bond acceptors (Lipinski definition) is 4. The summed E-state index contributed by atoms with van der Waals surface area (Å²) >= 11 is 1.72. The zero-order valence-electron chi connectivity index (χ0n) is 14.4. The minimum atomic E-state index is 0.771. The van der Waals surface area contributed by atoms with E-state index < -0.39 is 0 Å². The molecule has 0 saturated carbocycles. The second kappa shape index (κ2) is 9.02. The highest BCUT2D eigenvalue weighted by atomic mass is 32.2. The lowest BCUT2D eigenvalue weighted by molar-refractivity contribution is 0.586. The van der Waals surface area contributed by atoms with E-state index in [0.29, 0.717) is 0 Å². The lowest BCUT2D eigenvalue weighted by atomic mass is 10.1. The van der Waals surface area contributed by atoms with Crippen LogP contribution < -0.4 is 0 Å². The second-order valence-corrected chi connectivity index (χ2v) is 7.35. The fraction of sp³-hybridized carbons (Fsp3) is 0.526. The Kier molecular flexibility index (Phi) is 6.47. The molecule has 0 fully saturated rings. The number of hydrogen-bond donors (Lipinski definition) is 1. The van der Waals surface area contributed by atoms with Crippen LogP contribution >= 0.6 is 11.8 Å². The average molecular weight is 343 g/mol. The van der Waals surface area contributed by atoms with E-state index in [0.717, 1.165) is 33.0 Å². The normalized spacial score (nSPS) is 11.5. The van der Waals surface area contributed by atoms with Gasteiger partial charge in [0.05, 0.1) is 0 Å². The van der Waals surface area contributed by atoms with E-state index in [2.05, 4.69) is 33.2 Å².